The fourth-order valence-electron chi connectivity index (χ4n) is 2.51. The Hall–Kier alpha value is -1.58. The number of aromatic nitrogens is 2. The third kappa shape index (κ3) is 2.30. The molecule has 21 heavy (non-hydrogen) atoms. The van der Waals surface area contributed by atoms with Crippen molar-refractivity contribution in [3.8, 4) is 5.69 Å². The topological polar surface area (TPSA) is 17.8 Å². The molecule has 108 valence electrons. The molecule has 3 aromatic rings. The molecule has 1 atom stereocenters. The smallest absolute Gasteiger partial charge is 0.148 e. The Morgan fingerprint density at radius 3 is 2.57 bits per heavy atom. The van der Waals surface area contributed by atoms with E-state index < -0.39 is 5.82 Å². The molecule has 0 aliphatic rings. The number of imidazole rings is 1. The largest absolute Gasteiger partial charge is 0.290 e. The van der Waals surface area contributed by atoms with Crippen molar-refractivity contribution in [3.63, 3.8) is 0 Å². The van der Waals surface area contributed by atoms with Crippen LogP contribution in [0.1, 0.15) is 23.7 Å². The summed E-state index contributed by atoms with van der Waals surface area (Å²) >= 11 is 12.5. The lowest BCUT2D eigenvalue weighted by Crippen LogP contribution is -2.05. The molecule has 1 unspecified atom stereocenters. The van der Waals surface area contributed by atoms with Gasteiger partial charge in [0, 0.05) is 0 Å². The van der Waals surface area contributed by atoms with Crippen LogP contribution < -0.4 is 0 Å². The summed E-state index contributed by atoms with van der Waals surface area (Å²) in [6.45, 7) is 3.77. The van der Waals surface area contributed by atoms with Crippen molar-refractivity contribution in [2.45, 2.75) is 19.2 Å². The molecular formula is C16H13Cl2FN2. The molecule has 2 nitrogen and oxygen atoms in total. The summed E-state index contributed by atoms with van der Waals surface area (Å²) in [5, 5.41) is -0.0383. The molecular weight excluding hydrogens is 310 g/mol. The molecule has 0 aliphatic carbocycles. The SMILES string of the molecule is Cc1cccc2nc(C(C)Cl)n(-c3c(F)cccc3Cl)c12. The number of benzene rings is 2. The van der Waals surface area contributed by atoms with Crippen LogP contribution in [0.5, 0.6) is 0 Å². The van der Waals surface area contributed by atoms with Gasteiger partial charge < -0.3 is 0 Å². The Labute approximate surface area is 132 Å². The molecule has 1 heterocycles. The van der Waals surface area contributed by atoms with E-state index >= 15 is 0 Å². The highest BCUT2D eigenvalue weighted by molar-refractivity contribution is 6.32. The lowest BCUT2D eigenvalue weighted by Gasteiger charge is -2.14. The van der Waals surface area contributed by atoms with Crippen LogP contribution in [0, 0.1) is 12.7 Å². The zero-order valence-corrected chi connectivity index (χ0v) is 13.1. The van der Waals surface area contributed by atoms with Gasteiger partial charge in [0.15, 0.2) is 0 Å². The Balaban J connectivity index is 2.48. The van der Waals surface area contributed by atoms with Gasteiger partial charge >= 0.3 is 0 Å². The molecule has 1 aromatic heterocycles. The first-order valence-electron chi connectivity index (χ1n) is 6.57. The van der Waals surface area contributed by atoms with Gasteiger partial charge in [-0.1, -0.05) is 29.8 Å². The lowest BCUT2D eigenvalue weighted by atomic mass is 10.2. The van der Waals surface area contributed by atoms with Crippen LogP contribution in [0.15, 0.2) is 36.4 Å². The summed E-state index contributed by atoms with van der Waals surface area (Å²) in [4.78, 5) is 4.54. The van der Waals surface area contributed by atoms with E-state index in [1.54, 1.807) is 16.7 Å². The zero-order valence-electron chi connectivity index (χ0n) is 11.6. The van der Waals surface area contributed by atoms with Crippen molar-refractivity contribution >= 4 is 34.2 Å². The van der Waals surface area contributed by atoms with Crippen LogP contribution in [0.2, 0.25) is 5.02 Å². The van der Waals surface area contributed by atoms with Crippen LogP contribution in [0.25, 0.3) is 16.7 Å². The summed E-state index contributed by atoms with van der Waals surface area (Å²) in [6.07, 6.45) is 0. The minimum atomic E-state index is -0.399. The zero-order chi connectivity index (χ0) is 15.1. The van der Waals surface area contributed by atoms with Gasteiger partial charge in [-0.05, 0) is 37.6 Å². The highest BCUT2D eigenvalue weighted by atomic mass is 35.5. The first kappa shape index (κ1) is 14.4. The van der Waals surface area contributed by atoms with Crippen LogP contribution in [-0.4, -0.2) is 9.55 Å². The van der Waals surface area contributed by atoms with Crippen molar-refractivity contribution in [3.05, 3.63) is 58.6 Å². The Morgan fingerprint density at radius 1 is 1.19 bits per heavy atom. The maximum absolute atomic E-state index is 14.3. The monoisotopic (exact) mass is 322 g/mol. The quantitative estimate of drug-likeness (QED) is 0.575. The van der Waals surface area contributed by atoms with E-state index in [1.807, 2.05) is 32.0 Å². The Bertz CT molecular complexity index is 804. The van der Waals surface area contributed by atoms with Gasteiger partial charge in [-0.2, -0.15) is 0 Å². The summed E-state index contributed by atoms with van der Waals surface area (Å²) in [7, 11) is 0. The Morgan fingerprint density at radius 2 is 1.90 bits per heavy atom. The number of rotatable bonds is 2. The van der Waals surface area contributed by atoms with E-state index in [0.29, 0.717) is 16.5 Å². The number of nitrogens with zero attached hydrogens (tertiary/aromatic N) is 2. The molecule has 0 N–H and O–H groups in total. The molecule has 0 saturated carbocycles. The number of para-hydroxylation sites is 2. The molecule has 0 radical (unpaired) electrons. The standard InChI is InChI=1S/C16H13Cl2FN2/c1-9-5-3-8-13-14(9)21(16(20-13)10(2)17)15-11(18)6-4-7-12(15)19/h3-8,10H,1-2H3. The van der Waals surface area contributed by atoms with Gasteiger partial charge in [0.1, 0.15) is 17.3 Å². The van der Waals surface area contributed by atoms with Crippen molar-refractivity contribution in [2.24, 2.45) is 0 Å². The van der Waals surface area contributed by atoms with Crippen molar-refractivity contribution in [1.82, 2.24) is 9.55 Å². The van der Waals surface area contributed by atoms with E-state index in [2.05, 4.69) is 4.98 Å². The predicted octanol–water partition coefficient (Wildman–Crippen LogP) is 5.43. The second-order valence-electron chi connectivity index (χ2n) is 4.93. The van der Waals surface area contributed by atoms with Crippen LogP contribution in [0.3, 0.4) is 0 Å². The minimum absolute atomic E-state index is 0.290. The average Bonchev–Trinajstić information content (AvgIpc) is 2.80. The lowest BCUT2D eigenvalue weighted by molar-refractivity contribution is 0.616. The van der Waals surface area contributed by atoms with Crippen molar-refractivity contribution in [2.75, 3.05) is 0 Å². The fourth-order valence-corrected chi connectivity index (χ4v) is 2.90. The molecule has 2 aromatic carbocycles. The molecule has 0 spiro atoms. The number of hydrogen-bond acceptors (Lipinski definition) is 1. The van der Waals surface area contributed by atoms with E-state index in [-0.39, 0.29) is 5.38 Å². The molecule has 3 rings (SSSR count). The van der Waals surface area contributed by atoms with Gasteiger partial charge in [0.05, 0.1) is 21.4 Å². The third-order valence-corrected chi connectivity index (χ3v) is 3.92. The van der Waals surface area contributed by atoms with Crippen molar-refractivity contribution < 1.29 is 4.39 Å². The van der Waals surface area contributed by atoms with Gasteiger partial charge in [-0.15, -0.1) is 11.6 Å². The maximum atomic E-state index is 14.3. The maximum Gasteiger partial charge on any atom is 0.148 e. The van der Waals surface area contributed by atoms with Crippen LogP contribution in [0.4, 0.5) is 4.39 Å². The number of halogens is 3. The number of alkyl halides is 1. The van der Waals surface area contributed by atoms with Gasteiger partial charge in [0.25, 0.3) is 0 Å². The highest BCUT2D eigenvalue weighted by Gasteiger charge is 2.21. The average molecular weight is 323 g/mol. The Kier molecular flexibility index (Phi) is 3.64. The molecule has 0 bridgehead atoms. The van der Waals surface area contributed by atoms with E-state index in [1.165, 1.54) is 6.07 Å². The van der Waals surface area contributed by atoms with Crippen LogP contribution in [-0.2, 0) is 0 Å². The predicted molar refractivity (Wildman–Crippen MR) is 85.0 cm³/mol. The van der Waals surface area contributed by atoms with Crippen molar-refractivity contribution in [1.29, 1.82) is 0 Å². The number of hydrogen-bond donors (Lipinski definition) is 0. The highest BCUT2D eigenvalue weighted by Crippen LogP contribution is 2.34. The van der Waals surface area contributed by atoms with Gasteiger partial charge in [-0.25, -0.2) is 9.37 Å². The first-order valence-corrected chi connectivity index (χ1v) is 7.38. The molecule has 0 fully saturated rings. The second kappa shape index (κ2) is 5.32. The van der Waals surface area contributed by atoms with Gasteiger partial charge in [-0.3, -0.25) is 4.57 Å². The number of fused-ring (bicyclic) bond motifs is 1. The third-order valence-electron chi connectivity index (χ3n) is 3.42. The summed E-state index contributed by atoms with van der Waals surface area (Å²) < 4.78 is 16.1. The number of aryl methyl sites for hydroxylation is 1. The molecule has 0 saturated heterocycles. The van der Waals surface area contributed by atoms with Gasteiger partial charge in [0.2, 0.25) is 0 Å². The molecule has 5 heteroatoms. The molecule has 0 aliphatic heterocycles. The molecule has 0 amide bonds. The van der Waals surface area contributed by atoms with E-state index in [9.17, 15) is 4.39 Å². The van der Waals surface area contributed by atoms with Crippen LogP contribution >= 0.6 is 23.2 Å². The summed E-state index contributed by atoms with van der Waals surface area (Å²) in [5.41, 5.74) is 2.88. The summed E-state index contributed by atoms with van der Waals surface area (Å²) in [6, 6.07) is 10.4. The van der Waals surface area contributed by atoms with E-state index in [0.717, 1.165) is 16.6 Å². The second-order valence-corrected chi connectivity index (χ2v) is 6.00. The summed E-state index contributed by atoms with van der Waals surface area (Å²) in [5.74, 6) is 0.177. The normalized spacial score (nSPS) is 12.8. The van der Waals surface area contributed by atoms with E-state index in [4.69, 9.17) is 23.2 Å². The fraction of sp³-hybridized carbons (Fsp3) is 0.188. The minimum Gasteiger partial charge on any atom is -0.290 e. The first-order chi connectivity index (χ1) is 10.0.